The van der Waals surface area contributed by atoms with Gasteiger partial charge in [0.1, 0.15) is 11.5 Å². The fraction of sp³-hybridized carbons (Fsp3) is 0.368. The summed E-state index contributed by atoms with van der Waals surface area (Å²) >= 11 is 0. The van der Waals surface area contributed by atoms with Crippen LogP contribution in [-0.2, 0) is 12.8 Å². The molecule has 0 aromatic heterocycles. The van der Waals surface area contributed by atoms with Gasteiger partial charge in [-0.15, -0.1) is 0 Å². The van der Waals surface area contributed by atoms with Crippen LogP contribution in [0, 0.1) is 0 Å². The second-order valence-electron chi connectivity index (χ2n) is 6.69. The molecular weight excluding hydrogens is 306 g/mol. The van der Waals surface area contributed by atoms with Crippen LogP contribution in [0.4, 0.5) is 0 Å². The molecule has 2 heterocycles. The first-order valence-corrected chi connectivity index (χ1v) is 8.23. The molecule has 0 fully saturated rings. The molecule has 0 spiro atoms. The van der Waals surface area contributed by atoms with Gasteiger partial charge in [0.25, 0.3) is 0 Å². The van der Waals surface area contributed by atoms with E-state index in [0.29, 0.717) is 5.75 Å². The van der Waals surface area contributed by atoms with Gasteiger partial charge in [0.05, 0.1) is 7.11 Å². The van der Waals surface area contributed by atoms with Crippen molar-refractivity contribution in [1.29, 1.82) is 0 Å². The molecule has 5 heteroatoms. The van der Waals surface area contributed by atoms with Gasteiger partial charge in [-0.3, -0.25) is 4.90 Å². The molecule has 5 nitrogen and oxygen atoms in total. The number of hydrogen-bond acceptors (Lipinski definition) is 5. The monoisotopic (exact) mass is 325 g/mol. The maximum Gasteiger partial charge on any atom is 0.231 e. The zero-order valence-corrected chi connectivity index (χ0v) is 13.8. The largest absolute Gasteiger partial charge is 0.507 e. The molecule has 1 N–H and O–H groups in total. The molecule has 2 aliphatic heterocycles. The highest BCUT2D eigenvalue weighted by molar-refractivity contribution is 5.87. The van der Waals surface area contributed by atoms with Crippen molar-refractivity contribution >= 4 is 0 Å². The first kappa shape index (κ1) is 14.0. The van der Waals surface area contributed by atoms with E-state index in [4.69, 9.17) is 14.2 Å². The second-order valence-corrected chi connectivity index (χ2v) is 6.69. The molecule has 0 amide bonds. The number of aromatic hydroxyl groups is 1. The normalized spacial score (nSPS) is 20.5. The van der Waals surface area contributed by atoms with E-state index in [1.807, 2.05) is 6.07 Å². The van der Waals surface area contributed by atoms with E-state index in [1.54, 1.807) is 13.2 Å². The molecule has 0 radical (unpaired) electrons. The van der Waals surface area contributed by atoms with Crippen molar-refractivity contribution in [2.75, 3.05) is 27.5 Å². The summed E-state index contributed by atoms with van der Waals surface area (Å²) in [6, 6.07) is 6.10. The minimum Gasteiger partial charge on any atom is -0.507 e. The predicted octanol–water partition coefficient (Wildman–Crippen LogP) is 2.88. The number of methoxy groups -OCH3 is 1. The quantitative estimate of drug-likeness (QED) is 0.874. The number of phenols is 1. The van der Waals surface area contributed by atoms with Crippen LogP contribution in [0.3, 0.4) is 0 Å². The van der Waals surface area contributed by atoms with E-state index in [2.05, 4.69) is 18.0 Å². The smallest absolute Gasteiger partial charge is 0.231 e. The molecule has 2 aromatic carbocycles. The average molecular weight is 325 g/mol. The van der Waals surface area contributed by atoms with Crippen LogP contribution >= 0.6 is 0 Å². The van der Waals surface area contributed by atoms with Crippen molar-refractivity contribution in [3.8, 4) is 34.1 Å². The van der Waals surface area contributed by atoms with Gasteiger partial charge >= 0.3 is 0 Å². The van der Waals surface area contributed by atoms with Crippen LogP contribution in [0.2, 0.25) is 0 Å². The fourth-order valence-electron chi connectivity index (χ4n) is 4.31. The summed E-state index contributed by atoms with van der Waals surface area (Å²) in [5.41, 5.74) is 5.53. The van der Waals surface area contributed by atoms with Crippen LogP contribution in [0.1, 0.15) is 22.7 Å². The summed E-state index contributed by atoms with van der Waals surface area (Å²) in [5, 5.41) is 10.7. The third-order valence-electron chi connectivity index (χ3n) is 5.46. The van der Waals surface area contributed by atoms with Crippen LogP contribution in [0.5, 0.6) is 23.0 Å². The Morgan fingerprint density at radius 3 is 2.88 bits per heavy atom. The molecular formula is C19H19NO4. The molecule has 5 rings (SSSR count). The van der Waals surface area contributed by atoms with Crippen molar-refractivity contribution in [3.05, 3.63) is 34.9 Å². The molecule has 1 atom stereocenters. The SMILES string of the molecule is COc1cc(O)c2c(c1)C[C@H]1c3c(cc4c(c3-2)OCO4)CCN1C. The maximum absolute atomic E-state index is 10.7. The molecule has 0 saturated heterocycles. The summed E-state index contributed by atoms with van der Waals surface area (Å²) in [6.07, 6.45) is 1.84. The van der Waals surface area contributed by atoms with E-state index in [1.165, 1.54) is 11.1 Å². The average Bonchev–Trinajstić information content (AvgIpc) is 3.05. The van der Waals surface area contributed by atoms with Crippen molar-refractivity contribution in [3.63, 3.8) is 0 Å². The molecule has 0 unspecified atom stereocenters. The van der Waals surface area contributed by atoms with E-state index >= 15 is 0 Å². The summed E-state index contributed by atoms with van der Waals surface area (Å²) in [7, 11) is 3.78. The fourth-order valence-corrected chi connectivity index (χ4v) is 4.31. The Labute approximate surface area is 140 Å². The summed E-state index contributed by atoms with van der Waals surface area (Å²) in [4.78, 5) is 2.38. The van der Waals surface area contributed by atoms with Crippen LogP contribution < -0.4 is 14.2 Å². The Balaban J connectivity index is 1.86. The van der Waals surface area contributed by atoms with Gasteiger partial charge in [-0.2, -0.15) is 0 Å². The lowest BCUT2D eigenvalue weighted by Gasteiger charge is -2.40. The number of phenolic OH excluding ortho intramolecular Hbond substituents is 1. The first-order chi connectivity index (χ1) is 11.7. The number of likely N-dealkylation sites (N-methyl/N-ethyl adjacent to an activating group) is 1. The van der Waals surface area contributed by atoms with Gasteiger partial charge in [-0.1, -0.05) is 0 Å². The van der Waals surface area contributed by atoms with E-state index in [-0.39, 0.29) is 18.6 Å². The van der Waals surface area contributed by atoms with Gasteiger partial charge in [0, 0.05) is 29.8 Å². The standard InChI is InChI=1S/C19H19NO4/c1-20-4-3-10-7-15-19(24-9-23-15)18-16(10)13(20)6-11-5-12(22-2)8-14(21)17(11)18/h5,7-8,13,21H,3-4,6,9H2,1-2H3/t13-/m0/s1. The Bertz CT molecular complexity index is 861. The van der Waals surface area contributed by atoms with Crippen LogP contribution in [-0.4, -0.2) is 37.5 Å². The predicted molar refractivity (Wildman–Crippen MR) is 89.0 cm³/mol. The van der Waals surface area contributed by atoms with Gasteiger partial charge in [0.2, 0.25) is 6.79 Å². The van der Waals surface area contributed by atoms with E-state index in [0.717, 1.165) is 47.6 Å². The van der Waals surface area contributed by atoms with E-state index in [9.17, 15) is 5.11 Å². The highest BCUT2D eigenvalue weighted by atomic mass is 16.7. The zero-order chi connectivity index (χ0) is 16.4. The third-order valence-corrected chi connectivity index (χ3v) is 5.46. The summed E-state index contributed by atoms with van der Waals surface area (Å²) in [6.45, 7) is 1.25. The maximum atomic E-state index is 10.7. The van der Waals surface area contributed by atoms with Crippen molar-refractivity contribution in [1.82, 2.24) is 4.90 Å². The second kappa shape index (κ2) is 4.80. The molecule has 3 aliphatic rings. The van der Waals surface area contributed by atoms with Crippen LogP contribution in [0.25, 0.3) is 11.1 Å². The van der Waals surface area contributed by atoms with Gasteiger partial charge in [-0.05, 0) is 48.7 Å². The molecule has 0 bridgehead atoms. The van der Waals surface area contributed by atoms with Crippen LogP contribution in [0.15, 0.2) is 18.2 Å². The highest BCUT2D eigenvalue weighted by Crippen LogP contribution is 2.56. The van der Waals surface area contributed by atoms with Crippen molar-refractivity contribution in [2.45, 2.75) is 18.9 Å². The zero-order valence-electron chi connectivity index (χ0n) is 13.8. The van der Waals surface area contributed by atoms with E-state index < -0.39 is 0 Å². The lowest BCUT2D eigenvalue weighted by molar-refractivity contribution is 0.174. The highest BCUT2D eigenvalue weighted by Gasteiger charge is 2.38. The van der Waals surface area contributed by atoms with Crippen molar-refractivity contribution in [2.24, 2.45) is 0 Å². The summed E-state index contributed by atoms with van der Waals surface area (Å²) < 4.78 is 16.8. The topological polar surface area (TPSA) is 51.2 Å². The molecule has 0 saturated carbocycles. The number of ether oxygens (including phenoxy) is 3. The van der Waals surface area contributed by atoms with Gasteiger partial charge in [0.15, 0.2) is 11.5 Å². The number of benzene rings is 2. The van der Waals surface area contributed by atoms with Gasteiger partial charge in [-0.25, -0.2) is 0 Å². The number of fused-ring (bicyclic) bond motifs is 4. The molecule has 24 heavy (non-hydrogen) atoms. The number of rotatable bonds is 1. The lowest BCUT2D eigenvalue weighted by Crippen LogP contribution is -2.35. The molecule has 1 aliphatic carbocycles. The Hall–Kier alpha value is -2.40. The van der Waals surface area contributed by atoms with Crippen molar-refractivity contribution < 1.29 is 19.3 Å². The summed E-state index contributed by atoms with van der Waals surface area (Å²) in [5.74, 6) is 2.46. The Morgan fingerprint density at radius 2 is 2.04 bits per heavy atom. The number of nitrogens with zero attached hydrogens (tertiary/aromatic N) is 1. The third kappa shape index (κ3) is 1.73. The van der Waals surface area contributed by atoms with Gasteiger partial charge < -0.3 is 19.3 Å². The Kier molecular flexibility index (Phi) is 2.80. The minimum absolute atomic E-state index is 0.234. The Morgan fingerprint density at radius 1 is 1.17 bits per heavy atom. The molecule has 124 valence electrons. The minimum atomic E-state index is 0.234. The number of hydrogen-bond donors (Lipinski definition) is 1. The first-order valence-electron chi connectivity index (χ1n) is 8.23. The molecule has 2 aromatic rings. The lowest BCUT2D eigenvalue weighted by atomic mass is 9.76.